The predicted octanol–water partition coefficient (Wildman–Crippen LogP) is 2.93. The van der Waals surface area contributed by atoms with Crippen LogP contribution in [0.25, 0.3) is 0 Å². The van der Waals surface area contributed by atoms with Crippen LogP contribution in [0, 0.1) is 0 Å². The van der Waals surface area contributed by atoms with Gasteiger partial charge in [-0.2, -0.15) is 0 Å². The third-order valence-corrected chi connectivity index (χ3v) is 3.04. The van der Waals surface area contributed by atoms with Gasteiger partial charge in [0.15, 0.2) is 0 Å². The molecule has 1 atom stereocenters. The second-order valence-corrected chi connectivity index (χ2v) is 5.08. The maximum atomic E-state index is 9.69. The normalized spacial score (nSPS) is 12.4. The largest absolute Gasteiger partial charge is 0.493 e. The number of rotatable bonds is 9. The van der Waals surface area contributed by atoms with Crippen molar-refractivity contribution in [3.8, 4) is 5.75 Å². The van der Waals surface area contributed by atoms with Gasteiger partial charge < -0.3 is 19.3 Å². The van der Waals surface area contributed by atoms with E-state index < -0.39 is 6.10 Å². The summed E-state index contributed by atoms with van der Waals surface area (Å²) in [6.07, 6.45) is 0.254. The van der Waals surface area contributed by atoms with Crippen molar-refractivity contribution in [2.45, 2.75) is 19.4 Å². The molecule has 0 spiro atoms. The Bertz CT molecular complexity index is 368. The van der Waals surface area contributed by atoms with E-state index in [1.807, 2.05) is 18.2 Å². The van der Waals surface area contributed by atoms with Gasteiger partial charge in [-0.3, -0.25) is 0 Å². The minimum atomic E-state index is -0.551. The smallest absolute Gasteiger partial charge is 0.125 e. The summed E-state index contributed by atoms with van der Waals surface area (Å²) in [6.45, 7) is 4.15. The molecule has 0 aliphatic rings. The van der Waals surface area contributed by atoms with Gasteiger partial charge in [0.25, 0.3) is 0 Å². The molecule has 0 aliphatic carbocycles. The Kier molecular flexibility index (Phi) is 8.05. The molecule has 1 rings (SSSR count). The number of hydrogen-bond acceptors (Lipinski definition) is 4. The monoisotopic (exact) mass is 332 g/mol. The van der Waals surface area contributed by atoms with E-state index in [4.69, 9.17) is 14.2 Å². The molecule has 0 amide bonds. The molecule has 0 fully saturated rings. The summed E-state index contributed by atoms with van der Waals surface area (Å²) in [5.74, 6) is 0.718. The Hall–Kier alpha value is -0.620. The molecular formula is C14H21BrO4. The van der Waals surface area contributed by atoms with E-state index in [2.05, 4.69) is 15.9 Å². The molecule has 1 aromatic rings. The molecule has 1 unspecified atom stereocenters. The summed E-state index contributed by atoms with van der Waals surface area (Å²) in [6, 6.07) is 5.63. The minimum absolute atomic E-state index is 0.551. The lowest BCUT2D eigenvalue weighted by atomic mass is 10.1. The minimum Gasteiger partial charge on any atom is -0.493 e. The average Bonchev–Trinajstić information content (AvgIpc) is 2.39. The molecule has 0 bridgehead atoms. The SMILES string of the molecule is COCCOCCCOc1ccc(Br)cc1C(C)O. The molecule has 5 heteroatoms. The maximum absolute atomic E-state index is 9.69. The summed E-state index contributed by atoms with van der Waals surface area (Å²) >= 11 is 3.38. The molecule has 0 radical (unpaired) electrons. The quantitative estimate of drug-likeness (QED) is 0.706. The second-order valence-electron chi connectivity index (χ2n) is 4.17. The summed E-state index contributed by atoms with van der Waals surface area (Å²) in [5, 5.41) is 9.69. The molecule has 0 saturated heterocycles. The highest BCUT2D eigenvalue weighted by molar-refractivity contribution is 9.10. The summed E-state index contributed by atoms with van der Waals surface area (Å²) in [7, 11) is 1.65. The standard InChI is InChI=1S/C14H21BrO4/c1-11(16)13-10-12(15)4-5-14(13)19-7-3-6-18-9-8-17-2/h4-5,10-11,16H,3,6-9H2,1-2H3. The third kappa shape index (κ3) is 6.38. The van der Waals surface area contributed by atoms with Gasteiger partial charge in [-0.15, -0.1) is 0 Å². The van der Waals surface area contributed by atoms with Gasteiger partial charge in [0.05, 0.1) is 25.9 Å². The number of halogens is 1. The fourth-order valence-corrected chi connectivity index (χ4v) is 1.94. The van der Waals surface area contributed by atoms with Crippen molar-refractivity contribution in [2.75, 3.05) is 33.5 Å². The molecule has 19 heavy (non-hydrogen) atoms. The lowest BCUT2D eigenvalue weighted by Gasteiger charge is -2.14. The lowest BCUT2D eigenvalue weighted by molar-refractivity contribution is 0.0642. The van der Waals surface area contributed by atoms with Crippen molar-refractivity contribution in [3.05, 3.63) is 28.2 Å². The third-order valence-electron chi connectivity index (χ3n) is 2.54. The molecule has 108 valence electrons. The maximum Gasteiger partial charge on any atom is 0.125 e. The van der Waals surface area contributed by atoms with E-state index in [9.17, 15) is 5.11 Å². The van der Waals surface area contributed by atoms with Gasteiger partial charge in [-0.1, -0.05) is 15.9 Å². The van der Waals surface area contributed by atoms with Gasteiger partial charge in [-0.05, 0) is 25.1 Å². The zero-order valence-electron chi connectivity index (χ0n) is 11.4. The van der Waals surface area contributed by atoms with E-state index in [1.165, 1.54) is 0 Å². The van der Waals surface area contributed by atoms with Gasteiger partial charge >= 0.3 is 0 Å². The number of hydrogen-bond donors (Lipinski definition) is 1. The van der Waals surface area contributed by atoms with Crippen LogP contribution in [0.4, 0.5) is 0 Å². The second kappa shape index (κ2) is 9.31. The Morgan fingerprint density at radius 3 is 2.68 bits per heavy atom. The van der Waals surface area contributed by atoms with Crippen LogP contribution >= 0.6 is 15.9 Å². The first-order valence-electron chi connectivity index (χ1n) is 6.32. The first-order chi connectivity index (χ1) is 9.15. The number of ether oxygens (including phenoxy) is 3. The lowest BCUT2D eigenvalue weighted by Crippen LogP contribution is -2.08. The van der Waals surface area contributed by atoms with Crippen LogP contribution in [0.1, 0.15) is 25.0 Å². The number of aliphatic hydroxyl groups is 1. The van der Waals surface area contributed by atoms with Gasteiger partial charge in [0.2, 0.25) is 0 Å². The zero-order valence-corrected chi connectivity index (χ0v) is 13.0. The number of benzene rings is 1. The first kappa shape index (κ1) is 16.4. The van der Waals surface area contributed by atoms with Crippen LogP contribution in [0.5, 0.6) is 5.75 Å². The molecule has 4 nitrogen and oxygen atoms in total. The zero-order chi connectivity index (χ0) is 14.1. The van der Waals surface area contributed by atoms with Crippen LogP contribution in [0.15, 0.2) is 22.7 Å². The van der Waals surface area contributed by atoms with Gasteiger partial charge in [0, 0.05) is 30.2 Å². The molecule has 0 heterocycles. The highest BCUT2D eigenvalue weighted by Gasteiger charge is 2.09. The van der Waals surface area contributed by atoms with Crippen LogP contribution in [0.3, 0.4) is 0 Å². The molecule has 1 N–H and O–H groups in total. The topological polar surface area (TPSA) is 47.9 Å². The molecular weight excluding hydrogens is 312 g/mol. The fraction of sp³-hybridized carbons (Fsp3) is 0.571. The van der Waals surface area contributed by atoms with Crippen molar-refractivity contribution in [1.29, 1.82) is 0 Å². The van der Waals surface area contributed by atoms with Crippen molar-refractivity contribution < 1.29 is 19.3 Å². The van der Waals surface area contributed by atoms with Crippen LogP contribution in [0.2, 0.25) is 0 Å². The van der Waals surface area contributed by atoms with E-state index in [-0.39, 0.29) is 0 Å². The van der Waals surface area contributed by atoms with E-state index in [0.29, 0.717) is 26.4 Å². The van der Waals surface area contributed by atoms with Gasteiger partial charge in [0.1, 0.15) is 5.75 Å². The predicted molar refractivity (Wildman–Crippen MR) is 77.6 cm³/mol. The Balaban J connectivity index is 2.33. The van der Waals surface area contributed by atoms with Crippen LogP contribution in [-0.4, -0.2) is 38.6 Å². The molecule has 0 saturated carbocycles. The van der Waals surface area contributed by atoms with Crippen molar-refractivity contribution in [1.82, 2.24) is 0 Å². The Labute approximate surface area is 122 Å². The van der Waals surface area contributed by atoms with Crippen molar-refractivity contribution >= 4 is 15.9 Å². The Morgan fingerprint density at radius 1 is 1.21 bits per heavy atom. The molecule has 1 aromatic carbocycles. The van der Waals surface area contributed by atoms with E-state index in [1.54, 1.807) is 14.0 Å². The summed E-state index contributed by atoms with van der Waals surface area (Å²) < 4.78 is 16.8. The summed E-state index contributed by atoms with van der Waals surface area (Å²) in [4.78, 5) is 0. The Morgan fingerprint density at radius 2 is 2.00 bits per heavy atom. The highest BCUT2D eigenvalue weighted by Crippen LogP contribution is 2.28. The summed E-state index contributed by atoms with van der Waals surface area (Å²) in [5.41, 5.74) is 0.787. The average molecular weight is 333 g/mol. The molecule has 0 aliphatic heterocycles. The van der Waals surface area contributed by atoms with Crippen LogP contribution < -0.4 is 4.74 Å². The first-order valence-corrected chi connectivity index (χ1v) is 7.11. The van der Waals surface area contributed by atoms with Crippen molar-refractivity contribution in [2.24, 2.45) is 0 Å². The van der Waals surface area contributed by atoms with Crippen LogP contribution in [-0.2, 0) is 9.47 Å². The number of aliphatic hydroxyl groups excluding tert-OH is 1. The highest BCUT2D eigenvalue weighted by atomic mass is 79.9. The van der Waals surface area contributed by atoms with Gasteiger partial charge in [-0.25, -0.2) is 0 Å². The van der Waals surface area contributed by atoms with E-state index >= 15 is 0 Å². The molecule has 0 aromatic heterocycles. The fourth-order valence-electron chi connectivity index (χ4n) is 1.56. The van der Waals surface area contributed by atoms with Crippen molar-refractivity contribution in [3.63, 3.8) is 0 Å². The van der Waals surface area contributed by atoms with E-state index in [0.717, 1.165) is 22.2 Å². The number of methoxy groups -OCH3 is 1.